The van der Waals surface area contributed by atoms with Gasteiger partial charge in [0.15, 0.2) is 5.82 Å². The topological polar surface area (TPSA) is 39.9 Å². The number of para-hydroxylation sites is 1. The van der Waals surface area contributed by atoms with Gasteiger partial charge in [0.2, 0.25) is 0 Å². The summed E-state index contributed by atoms with van der Waals surface area (Å²) in [5, 5.41) is 7.96. The fraction of sp³-hybridized carbons (Fsp3) is 0.333. The van der Waals surface area contributed by atoms with Crippen molar-refractivity contribution in [3.63, 3.8) is 0 Å². The van der Waals surface area contributed by atoms with Crippen LogP contribution < -0.4 is 0 Å². The number of rotatable bonds is 5. The highest BCUT2D eigenvalue weighted by molar-refractivity contribution is 5.31. The Balaban J connectivity index is 2.13. The SMILES string of the molecule is CCCOCc1nncn1-c1ccccc1. The molecule has 0 saturated carbocycles. The predicted molar refractivity (Wildman–Crippen MR) is 61.3 cm³/mol. The molecule has 84 valence electrons. The van der Waals surface area contributed by atoms with Gasteiger partial charge in [-0.2, -0.15) is 0 Å². The third-order valence-electron chi connectivity index (χ3n) is 2.23. The molecule has 0 fully saturated rings. The van der Waals surface area contributed by atoms with Crippen molar-refractivity contribution in [2.75, 3.05) is 6.61 Å². The van der Waals surface area contributed by atoms with E-state index in [2.05, 4.69) is 17.1 Å². The Morgan fingerprint density at radius 1 is 1.25 bits per heavy atom. The normalized spacial score (nSPS) is 10.6. The van der Waals surface area contributed by atoms with Gasteiger partial charge in [0, 0.05) is 12.3 Å². The van der Waals surface area contributed by atoms with Crippen LogP contribution in [0, 0.1) is 0 Å². The van der Waals surface area contributed by atoms with E-state index < -0.39 is 0 Å². The average molecular weight is 217 g/mol. The molecule has 0 bridgehead atoms. The minimum atomic E-state index is 0.503. The zero-order chi connectivity index (χ0) is 11.2. The number of ether oxygens (including phenoxy) is 1. The van der Waals surface area contributed by atoms with Gasteiger partial charge in [0.1, 0.15) is 12.9 Å². The lowest BCUT2D eigenvalue weighted by Crippen LogP contribution is -2.03. The molecule has 16 heavy (non-hydrogen) atoms. The number of hydrogen-bond donors (Lipinski definition) is 0. The molecule has 4 nitrogen and oxygen atoms in total. The van der Waals surface area contributed by atoms with Gasteiger partial charge in [-0.05, 0) is 18.6 Å². The molecule has 2 aromatic rings. The lowest BCUT2D eigenvalue weighted by Gasteiger charge is -2.06. The van der Waals surface area contributed by atoms with E-state index >= 15 is 0 Å². The number of benzene rings is 1. The average Bonchev–Trinajstić information content (AvgIpc) is 2.79. The number of nitrogens with zero attached hydrogens (tertiary/aromatic N) is 3. The van der Waals surface area contributed by atoms with Crippen LogP contribution in [0.15, 0.2) is 36.7 Å². The van der Waals surface area contributed by atoms with Gasteiger partial charge in [-0.3, -0.25) is 4.57 Å². The van der Waals surface area contributed by atoms with Crippen molar-refractivity contribution in [3.05, 3.63) is 42.5 Å². The predicted octanol–water partition coefficient (Wildman–Crippen LogP) is 2.19. The molecule has 1 aromatic heterocycles. The Morgan fingerprint density at radius 3 is 2.81 bits per heavy atom. The van der Waals surface area contributed by atoms with Crippen LogP contribution in [0.1, 0.15) is 19.2 Å². The molecule has 4 heteroatoms. The van der Waals surface area contributed by atoms with E-state index in [9.17, 15) is 0 Å². The van der Waals surface area contributed by atoms with E-state index in [1.54, 1.807) is 6.33 Å². The summed E-state index contributed by atoms with van der Waals surface area (Å²) >= 11 is 0. The third-order valence-corrected chi connectivity index (χ3v) is 2.23. The van der Waals surface area contributed by atoms with E-state index in [1.165, 1.54) is 0 Å². The molecule has 0 saturated heterocycles. The van der Waals surface area contributed by atoms with Crippen LogP contribution >= 0.6 is 0 Å². The molecule has 0 aliphatic rings. The zero-order valence-corrected chi connectivity index (χ0v) is 9.34. The molecule has 0 radical (unpaired) electrons. The van der Waals surface area contributed by atoms with Crippen molar-refractivity contribution < 1.29 is 4.74 Å². The lowest BCUT2D eigenvalue weighted by molar-refractivity contribution is 0.115. The maximum atomic E-state index is 5.47. The summed E-state index contributed by atoms with van der Waals surface area (Å²) in [5.41, 5.74) is 1.06. The standard InChI is InChI=1S/C12H15N3O/c1-2-8-16-9-12-14-13-10-15(12)11-6-4-3-5-7-11/h3-7,10H,2,8-9H2,1H3. The molecule has 0 unspecified atom stereocenters. The van der Waals surface area contributed by atoms with Gasteiger partial charge in [-0.15, -0.1) is 10.2 Å². The van der Waals surface area contributed by atoms with E-state index in [0.29, 0.717) is 6.61 Å². The Morgan fingerprint density at radius 2 is 2.06 bits per heavy atom. The highest BCUT2D eigenvalue weighted by Gasteiger charge is 2.05. The summed E-state index contributed by atoms with van der Waals surface area (Å²) in [6.07, 6.45) is 2.72. The van der Waals surface area contributed by atoms with Crippen LogP contribution in [0.3, 0.4) is 0 Å². The Kier molecular flexibility index (Phi) is 3.66. The minimum Gasteiger partial charge on any atom is -0.373 e. The minimum absolute atomic E-state index is 0.503. The van der Waals surface area contributed by atoms with Crippen LogP contribution in [0.25, 0.3) is 5.69 Å². The maximum Gasteiger partial charge on any atom is 0.163 e. The smallest absolute Gasteiger partial charge is 0.163 e. The van der Waals surface area contributed by atoms with E-state index in [1.807, 2.05) is 34.9 Å². The second-order valence-electron chi connectivity index (χ2n) is 3.51. The Bertz CT molecular complexity index is 425. The number of aromatic nitrogens is 3. The molecule has 0 spiro atoms. The maximum absolute atomic E-state index is 5.47. The van der Waals surface area contributed by atoms with E-state index in [0.717, 1.165) is 24.5 Å². The molecule has 1 heterocycles. The van der Waals surface area contributed by atoms with Gasteiger partial charge in [0.25, 0.3) is 0 Å². The molecular formula is C12H15N3O. The van der Waals surface area contributed by atoms with Crippen LogP contribution in [-0.4, -0.2) is 21.4 Å². The third kappa shape index (κ3) is 2.46. The van der Waals surface area contributed by atoms with Gasteiger partial charge < -0.3 is 4.74 Å². The fourth-order valence-electron chi connectivity index (χ4n) is 1.47. The van der Waals surface area contributed by atoms with Crippen molar-refractivity contribution >= 4 is 0 Å². The first-order chi connectivity index (χ1) is 7.92. The molecule has 0 aliphatic heterocycles. The summed E-state index contributed by atoms with van der Waals surface area (Å²) < 4.78 is 7.41. The van der Waals surface area contributed by atoms with Crippen LogP contribution in [0.5, 0.6) is 0 Å². The monoisotopic (exact) mass is 217 g/mol. The number of hydrogen-bond acceptors (Lipinski definition) is 3. The van der Waals surface area contributed by atoms with Gasteiger partial charge in [0.05, 0.1) is 0 Å². The van der Waals surface area contributed by atoms with Gasteiger partial charge in [-0.1, -0.05) is 25.1 Å². The molecule has 0 amide bonds. The summed E-state index contributed by atoms with van der Waals surface area (Å²) in [6, 6.07) is 10.0. The van der Waals surface area contributed by atoms with Crippen molar-refractivity contribution in [2.45, 2.75) is 20.0 Å². The molecule has 0 atom stereocenters. The van der Waals surface area contributed by atoms with Crippen molar-refractivity contribution in [2.24, 2.45) is 0 Å². The van der Waals surface area contributed by atoms with E-state index in [4.69, 9.17) is 4.74 Å². The Labute approximate surface area is 94.9 Å². The largest absolute Gasteiger partial charge is 0.373 e. The van der Waals surface area contributed by atoms with Crippen molar-refractivity contribution in [3.8, 4) is 5.69 Å². The summed E-state index contributed by atoms with van der Waals surface area (Å²) in [6.45, 7) is 3.34. The summed E-state index contributed by atoms with van der Waals surface area (Å²) in [7, 11) is 0. The van der Waals surface area contributed by atoms with Crippen LogP contribution in [0.4, 0.5) is 0 Å². The fourth-order valence-corrected chi connectivity index (χ4v) is 1.47. The first kappa shape index (κ1) is 10.8. The zero-order valence-electron chi connectivity index (χ0n) is 9.34. The highest BCUT2D eigenvalue weighted by Crippen LogP contribution is 2.09. The van der Waals surface area contributed by atoms with Gasteiger partial charge in [-0.25, -0.2) is 0 Å². The summed E-state index contributed by atoms with van der Waals surface area (Å²) in [5.74, 6) is 0.833. The van der Waals surface area contributed by atoms with Crippen molar-refractivity contribution in [1.29, 1.82) is 0 Å². The Hall–Kier alpha value is -1.68. The second kappa shape index (κ2) is 5.42. The molecule has 0 aliphatic carbocycles. The molecular weight excluding hydrogens is 202 g/mol. The van der Waals surface area contributed by atoms with Gasteiger partial charge >= 0.3 is 0 Å². The first-order valence-corrected chi connectivity index (χ1v) is 5.44. The lowest BCUT2D eigenvalue weighted by atomic mass is 10.3. The second-order valence-corrected chi connectivity index (χ2v) is 3.51. The van der Waals surface area contributed by atoms with Crippen LogP contribution in [-0.2, 0) is 11.3 Å². The van der Waals surface area contributed by atoms with E-state index in [-0.39, 0.29) is 0 Å². The van der Waals surface area contributed by atoms with Crippen LogP contribution in [0.2, 0.25) is 0 Å². The molecule has 0 N–H and O–H groups in total. The quantitative estimate of drug-likeness (QED) is 0.721. The molecule has 2 rings (SSSR count). The van der Waals surface area contributed by atoms with Crippen molar-refractivity contribution in [1.82, 2.24) is 14.8 Å². The first-order valence-electron chi connectivity index (χ1n) is 5.44. The summed E-state index contributed by atoms with van der Waals surface area (Å²) in [4.78, 5) is 0. The highest BCUT2D eigenvalue weighted by atomic mass is 16.5. The molecule has 1 aromatic carbocycles.